The van der Waals surface area contributed by atoms with Crippen molar-refractivity contribution < 1.29 is 31.1 Å². The number of nitrogens with one attached hydrogen (secondary N) is 1. The maximum absolute atomic E-state index is 14.5. The van der Waals surface area contributed by atoms with Crippen LogP contribution in [0.3, 0.4) is 0 Å². The summed E-state index contributed by atoms with van der Waals surface area (Å²) in [4.78, 5) is 27.3. The summed E-state index contributed by atoms with van der Waals surface area (Å²) in [6, 6.07) is 12.2. The molecular weight excluding hydrogens is 655 g/mol. The normalized spacial score (nSPS) is 23.3. The number of carbonyl (C=O) groups is 1. The Kier molecular flexibility index (Phi) is 8.45. The van der Waals surface area contributed by atoms with Crippen LogP contribution >= 0.6 is 0 Å². The predicted octanol–water partition coefficient (Wildman–Crippen LogP) is 6.76. The van der Waals surface area contributed by atoms with Gasteiger partial charge in [-0.05, 0) is 120 Å². The molecule has 13 heteroatoms. The number of sulfonamides is 1. The van der Waals surface area contributed by atoms with Crippen molar-refractivity contribution in [3.63, 3.8) is 0 Å². The number of rotatable bonds is 5. The zero-order valence-corrected chi connectivity index (χ0v) is 28.8. The van der Waals surface area contributed by atoms with Gasteiger partial charge in [-0.2, -0.15) is 18.2 Å². The second-order valence-corrected chi connectivity index (χ2v) is 16.4. The number of hydrogen-bond donors (Lipinski definition) is 1. The van der Waals surface area contributed by atoms with Crippen LogP contribution < -0.4 is 9.46 Å². The van der Waals surface area contributed by atoms with Gasteiger partial charge in [-0.3, -0.25) is 4.79 Å². The summed E-state index contributed by atoms with van der Waals surface area (Å²) in [5.41, 5.74) is 1.51. The van der Waals surface area contributed by atoms with Crippen molar-refractivity contribution in [3.05, 3.63) is 65.2 Å². The van der Waals surface area contributed by atoms with E-state index < -0.39 is 33.6 Å². The summed E-state index contributed by atoms with van der Waals surface area (Å²) < 4.78 is 78.6. The van der Waals surface area contributed by atoms with Crippen molar-refractivity contribution in [2.75, 3.05) is 31.5 Å². The van der Waals surface area contributed by atoms with Gasteiger partial charge < -0.3 is 14.5 Å². The summed E-state index contributed by atoms with van der Waals surface area (Å²) in [5, 5.41) is 0. The van der Waals surface area contributed by atoms with E-state index >= 15 is 0 Å². The van der Waals surface area contributed by atoms with Crippen LogP contribution in [0.2, 0.25) is 0 Å². The molecule has 262 valence electrons. The number of hydrogen-bond acceptors (Lipinski definition) is 7. The molecule has 3 fully saturated rings. The van der Waals surface area contributed by atoms with Gasteiger partial charge in [-0.1, -0.05) is 24.3 Å². The molecule has 1 unspecified atom stereocenters. The summed E-state index contributed by atoms with van der Waals surface area (Å²) in [5.74, 6) is -0.564. The highest BCUT2D eigenvalue weighted by molar-refractivity contribution is 7.92. The van der Waals surface area contributed by atoms with Gasteiger partial charge in [0, 0.05) is 23.2 Å². The molecule has 2 aromatic carbocycles. The zero-order valence-electron chi connectivity index (χ0n) is 28.0. The summed E-state index contributed by atoms with van der Waals surface area (Å²) in [6.45, 7) is 5.64. The number of aromatic nitrogens is 2. The molecular formula is C36H42F3N5O4S. The fourth-order valence-electron chi connectivity index (χ4n) is 8.04. The quantitative estimate of drug-likeness (QED) is 0.314. The van der Waals surface area contributed by atoms with Crippen molar-refractivity contribution in [1.82, 2.24) is 19.8 Å². The van der Waals surface area contributed by atoms with Gasteiger partial charge in [0.2, 0.25) is 11.8 Å². The van der Waals surface area contributed by atoms with Gasteiger partial charge in [0.15, 0.2) is 0 Å². The SMILES string of the molecule is Cc1cccc(C)c1-c1cc2nc(n1)NS(=O)(=O)c1cccc(c1)C(=O)N(C1CC3(CCN(C)CC3)C1)C(CCC1(C(F)(F)F)CC1)CO2. The molecule has 1 amide bonds. The molecule has 1 atom stereocenters. The fraction of sp³-hybridized carbons (Fsp3) is 0.528. The van der Waals surface area contributed by atoms with Crippen molar-refractivity contribution in [1.29, 1.82) is 0 Å². The lowest BCUT2D eigenvalue weighted by Gasteiger charge is -2.56. The first-order chi connectivity index (χ1) is 23.2. The van der Waals surface area contributed by atoms with E-state index in [9.17, 15) is 26.4 Å². The van der Waals surface area contributed by atoms with E-state index in [-0.39, 0.29) is 66.0 Å². The lowest BCUT2D eigenvalue weighted by molar-refractivity contribution is -0.190. The Bertz CT molecular complexity index is 1840. The Morgan fingerprint density at radius 1 is 0.980 bits per heavy atom. The van der Waals surface area contributed by atoms with E-state index in [4.69, 9.17) is 4.74 Å². The number of fused-ring (bicyclic) bond motifs is 4. The second-order valence-electron chi connectivity index (χ2n) is 14.7. The van der Waals surface area contributed by atoms with E-state index in [1.165, 1.54) is 18.2 Å². The molecule has 1 aromatic heterocycles. The number of halogens is 3. The van der Waals surface area contributed by atoms with E-state index in [1.54, 1.807) is 17.0 Å². The average molecular weight is 698 g/mol. The number of ether oxygens (including phenoxy) is 1. The minimum absolute atomic E-state index is 0.0612. The Morgan fingerprint density at radius 3 is 2.31 bits per heavy atom. The van der Waals surface area contributed by atoms with Gasteiger partial charge in [0.05, 0.1) is 22.0 Å². The van der Waals surface area contributed by atoms with Crippen molar-refractivity contribution in [2.24, 2.45) is 10.8 Å². The molecule has 1 saturated heterocycles. The third-order valence-corrected chi connectivity index (χ3v) is 12.6. The highest BCUT2D eigenvalue weighted by atomic mass is 32.2. The topological polar surface area (TPSA) is 105 Å². The van der Waals surface area contributed by atoms with Gasteiger partial charge in [0.1, 0.15) is 6.61 Å². The van der Waals surface area contributed by atoms with E-state index in [0.29, 0.717) is 5.69 Å². The van der Waals surface area contributed by atoms with Crippen LogP contribution in [0.15, 0.2) is 53.4 Å². The monoisotopic (exact) mass is 697 g/mol. The summed E-state index contributed by atoms with van der Waals surface area (Å²) in [6.07, 6.45) is -0.796. The number of anilines is 1. The molecule has 49 heavy (non-hydrogen) atoms. The smallest absolute Gasteiger partial charge is 0.394 e. The minimum atomic E-state index is -4.34. The zero-order chi connectivity index (χ0) is 34.8. The number of benzene rings is 2. The van der Waals surface area contributed by atoms with Crippen LogP contribution in [-0.4, -0.2) is 79.1 Å². The molecule has 3 heterocycles. The maximum Gasteiger partial charge on any atom is 0.394 e. The Hall–Kier alpha value is -3.71. The number of carbonyl (C=O) groups excluding carboxylic acids is 1. The lowest BCUT2D eigenvalue weighted by Crippen LogP contribution is -2.59. The van der Waals surface area contributed by atoms with E-state index in [0.717, 1.165) is 55.5 Å². The van der Waals surface area contributed by atoms with Crippen molar-refractivity contribution in [3.8, 4) is 17.1 Å². The fourth-order valence-corrected chi connectivity index (χ4v) is 9.03. The van der Waals surface area contributed by atoms with Crippen LogP contribution in [0.4, 0.5) is 19.1 Å². The third-order valence-electron chi connectivity index (χ3n) is 11.3. The molecule has 3 aromatic rings. The van der Waals surface area contributed by atoms with E-state index in [2.05, 4.69) is 26.6 Å². The first-order valence-corrected chi connectivity index (χ1v) is 18.5. The van der Waals surface area contributed by atoms with Crippen molar-refractivity contribution >= 4 is 21.9 Å². The molecule has 4 bridgehead atoms. The molecule has 1 N–H and O–H groups in total. The highest BCUT2D eigenvalue weighted by Crippen LogP contribution is 2.61. The van der Waals surface area contributed by atoms with Crippen LogP contribution in [0, 0.1) is 24.7 Å². The number of likely N-dealkylation sites (tertiary alicyclic amines) is 1. The molecule has 2 aliphatic carbocycles. The second kappa shape index (κ2) is 12.3. The highest BCUT2D eigenvalue weighted by Gasteiger charge is 2.62. The van der Waals surface area contributed by atoms with Gasteiger partial charge >= 0.3 is 6.18 Å². The number of amides is 1. The number of aryl methyl sites for hydroxylation is 2. The largest absolute Gasteiger partial charge is 0.475 e. The molecule has 7 rings (SSSR count). The van der Waals surface area contributed by atoms with Gasteiger partial charge in [-0.25, -0.2) is 18.1 Å². The third kappa shape index (κ3) is 6.51. The molecule has 0 radical (unpaired) electrons. The standard InChI is InChI=1S/C36H42F3N5O4S/c1-23-6-4-7-24(2)31(23)29-19-30-41-33(40-29)42-49(46,47)28-9-5-8-25(18-28)32(45)44(27-20-34(21-27)14-16-43(3)17-15-34)26(22-48-30)10-11-35(12-13-35)36(37,38)39/h4-9,18-19,26-27H,10-17,20-22H2,1-3H3,(H,40,41,42). The molecule has 4 aliphatic rings. The first kappa shape index (κ1) is 33.8. The number of nitrogens with zero attached hydrogens (tertiary/aromatic N) is 4. The maximum atomic E-state index is 14.5. The van der Waals surface area contributed by atoms with Crippen LogP contribution in [-0.2, 0) is 10.0 Å². The lowest BCUT2D eigenvalue weighted by atomic mass is 9.59. The Labute approximate surface area is 285 Å². The van der Waals surface area contributed by atoms with Crippen LogP contribution in [0.25, 0.3) is 11.3 Å². The summed E-state index contributed by atoms with van der Waals surface area (Å²) >= 11 is 0. The summed E-state index contributed by atoms with van der Waals surface area (Å²) in [7, 11) is -2.15. The molecule has 1 spiro atoms. The predicted molar refractivity (Wildman–Crippen MR) is 179 cm³/mol. The van der Waals surface area contributed by atoms with Crippen molar-refractivity contribution in [2.45, 2.75) is 88.4 Å². The van der Waals surface area contributed by atoms with Crippen LogP contribution in [0.5, 0.6) is 5.88 Å². The number of alkyl halides is 3. The number of piperidine rings is 1. The molecule has 2 saturated carbocycles. The van der Waals surface area contributed by atoms with Gasteiger partial charge in [0.25, 0.3) is 15.9 Å². The first-order valence-electron chi connectivity index (χ1n) is 17.0. The minimum Gasteiger partial charge on any atom is -0.475 e. The van der Waals surface area contributed by atoms with E-state index in [1.807, 2.05) is 32.0 Å². The Balaban J connectivity index is 1.31. The van der Waals surface area contributed by atoms with Gasteiger partial charge in [-0.15, -0.1) is 0 Å². The average Bonchev–Trinajstić information content (AvgIpc) is 3.83. The molecule has 2 aliphatic heterocycles. The van der Waals surface area contributed by atoms with Crippen LogP contribution in [0.1, 0.15) is 72.9 Å². The Morgan fingerprint density at radius 2 is 1.65 bits per heavy atom. The molecule has 9 nitrogen and oxygen atoms in total.